The molecule has 2 nitrogen and oxygen atoms in total. The molecule has 2 rings (SSSR count). The monoisotopic (exact) mass is 259 g/mol. The lowest BCUT2D eigenvalue weighted by molar-refractivity contribution is 0.376. The van der Waals surface area contributed by atoms with Gasteiger partial charge in [0, 0.05) is 11.4 Å². The van der Waals surface area contributed by atoms with Gasteiger partial charge >= 0.3 is 0 Å². The first kappa shape index (κ1) is 14.1. The third-order valence-corrected chi connectivity index (χ3v) is 3.48. The maximum Gasteiger partial charge on any atom is 0.137 e. The predicted molar refractivity (Wildman–Crippen MR) is 81.5 cm³/mol. The lowest BCUT2D eigenvalue weighted by Crippen LogP contribution is -2.27. The van der Waals surface area contributed by atoms with Gasteiger partial charge in [-0.1, -0.05) is 51.8 Å². The van der Waals surface area contributed by atoms with E-state index in [-0.39, 0.29) is 0 Å². The fraction of sp³-hybridized carbons (Fsp3) is 0.529. The molecule has 0 amide bonds. The van der Waals surface area contributed by atoms with Crippen LogP contribution in [0.3, 0.4) is 0 Å². The smallest absolute Gasteiger partial charge is 0.137 e. The Hall–Kier alpha value is -1.28. The third kappa shape index (κ3) is 3.38. The van der Waals surface area contributed by atoms with Gasteiger partial charge in [-0.15, -0.1) is 0 Å². The maximum absolute atomic E-state index is 6.10. The quantitative estimate of drug-likeness (QED) is 0.792. The molecule has 0 saturated carbocycles. The van der Waals surface area contributed by atoms with Gasteiger partial charge in [0.05, 0.1) is 6.04 Å². The highest BCUT2D eigenvalue weighted by Crippen LogP contribution is 2.29. The van der Waals surface area contributed by atoms with Gasteiger partial charge in [0.15, 0.2) is 0 Å². The molecule has 0 aliphatic carbocycles. The van der Waals surface area contributed by atoms with E-state index in [0.29, 0.717) is 12.1 Å². The first-order valence-electron chi connectivity index (χ1n) is 7.37. The number of hydrogen-bond acceptors (Lipinski definition) is 2. The van der Waals surface area contributed by atoms with Crippen LogP contribution in [0.15, 0.2) is 28.7 Å². The van der Waals surface area contributed by atoms with Crippen LogP contribution in [0, 0.1) is 6.92 Å². The normalized spacial score (nSPS) is 13.3. The molecule has 0 radical (unpaired) electrons. The largest absolute Gasteiger partial charge is 0.459 e. The van der Waals surface area contributed by atoms with E-state index in [2.05, 4.69) is 57.3 Å². The van der Waals surface area contributed by atoms with Crippen LogP contribution in [0.25, 0.3) is 11.0 Å². The molecule has 0 spiro atoms. The minimum Gasteiger partial charge on any atom is -0.459 e. The number of aryl methyl sites for hydroxylation is 1. The van der Waals surface area contributed by atoms with E-state index in [1.807, 2.05) is 0 Å². The Morgan fingerprint density at radius 2 is 2.05 bits per heavy atom. The minimum atomic E-state index is 0.326. The van der Waals surface area contributed by atoms with Crippen molar-refractivity contribution in [2.75, 3.05) is 0 Å². The highest BCUT2D eigenvalue weighted by atomic mass is 16.3. The van der Waals surface area contributed by atoms with E-state index in [4.69, 9.17) is 4.42 Å². The zero-order valence-electron chi connectivity index (χ0n) is 12.5. The highest BCUT2D eigenvalue weighted by molar-refractivity contribution is 5.80. The molecule has 0 aliphatic rings. The molecule has 19 heavy (non-hydrogen) atoms. The van der Waals surface area contributed by atoms with Crippen LogP contribution in [0.1, 0.15) is 57.4 Å². The maximum atomic E-state index is 6.10. The number of furan rings is 1. The number of nitrogens with one attached hydrogen (secondary N) is 1. The molecule has 1 atom stereocenters. The Bertz CT molecular complexity index is 527. The summed E-state index contributed by atoms with van der Waals surface area (Å²) in [5.74, 6) is 1.08. The molecule has 1 aromatic carbocycles. The van der Waals surface area contributed by atoms with Crippen LogP contribution in [0.4, 0.5) is 0 Å². The lowest BCUT2D eigenvalue weighted by atomic mass is 10.1. The molecule has 104 valence electrons. The van der Waals surface area contributed by atoms with Crippen molar-refractivity contribution in [3.05, 3.63) is 35.6 Å². The zero-order valence-corrected chi connectivity index (χ0v) is 12.5. The van der Waals surface area contributed by atoms with E-state index in [1.165, 1.54) is 23.8 Å². The summed E-state index contributed by atoms with van der Waals surface area (Å²) in [6.45, 7) is 8.71. The first-order chi connectivity index (χ1) is 9.11. The number of rotatable bonds is 6. The molecule has 1 N–H and O–H groups in total. The van der Waals surface area contributed by atoms with Gasteiger partial charge in [-0.25, -0.2) is 0 Å². The van der Waals surface area contributed by atoms with Crippen molar-refractivity contribution in [1.82, 2.24) is 5.32 Å². The van der Waals surface area contributed by atoms with E-state index >= 15 is 0 Å². The molecule has 1 unspecified atom stereocenters. The summed E-state index contributed by atoms with van der Waals surface area (Å²) in [5, 5.41) is 4.83. The van der Waals surface area contributed by atoms with Gasteiger partial charge in [0.2, 0.25) is 0 Å². The van der Waals surface area contributed by atoms with Crippen LogP contribution < -0.4 is 5.32 Å². The standard InChI is InChI=1S/C17H25NO/c1-5-6-10-15(18-12(2)3)16-11-14-9-7-8-13(4)17(14)19-16/h7-9,11-12,15,18H,5-6,10H2,1-4H3. The van der Waals surface area contributed by atoms with Gasteiger partial charge < -0.3 is 9.73 Å². The SMILES string of the molecule is CCCCC(NC(C)C)c1cc2cccc(C)c2o1. The topological polar surface area (TPSA) is 25.2 Å². The van der Waals surface area contributed by atoms with Crippen molar-refractivity contribution in [3.63, 3.8) is 0 Å². The first-order valence-corrected chi connectivity index (χ1v) is 7.37. The Kier molecular flexibility index (Phi) is 4.65. The molecule has 0 fully saturated rings. The van der Waals surface area contributed by atoms with Crippen LogP contribution in [0.5, 0.6) is 0 Å². The molecule has 1 heterocycles. The van der Waals surface area contributed by atoms with E-state index < -0.39 is 0 Å². The Morgan fingerprint density at radius 1 is 1.26 bits per heavy atom. The Labute approximate surface area is 116 Å². The van der Waals surface area contributed by atoms with Gasteiger partial charge in [0.25, 0.3) is 0 Å². The Balaban J connectivity index is 2.29. The summed E-state index contributed by atoms with van der Waals surface area (Å²) in [4.78, 5) is 0. The van der Waals surface area contributed by atoms with E-state index in [9.17, 15) is 0 Å². The summed E-state index contributed by atoms with van der Waals surface area (Å²) in [5.41, 5.74) is 2.24. The van der Waals surface area contributed by atoms with Crippen molar-refractivity contribution < 1.29 is 4.42 Å². The van der Waals surface area contributed by atoms with Crippen molar-refractivity contribution in [1.29, 1.82) is 0 Å². The average molecular weight is 259 g/mol. The van der Waals surface area contributed by atoms with Crippen LogP contribution >= 0.6 is 0 Å². The van der Waals surface area contributed by atoms with Gasteiger partial charge in [-0.05, 0) is 25.0 Å². The fourth-order valence-corrected chi connectivity index (χ4v) is 2.52. The third-order valence-electron chi connectivity index (χ3n) is 3.48. The number of para-hydroxylation sites is 1. The molecule has 2 heteroatoms. The van der Waals surface area contributed by atoms with E-state index in [1.54, 1.807) is 0 Å². The van der Waals surface area contributed by atoms with Crippen molar-refractivity contribution in [2.24, 2.45) is 0 Å². The van der Waals surface area contributed by atoms with Crippen molar-refractivity contribution >= 4 is 11.0 Å². The van der Waals surface area contributed by atoms with Crippen LogP contribution in [-0.2, 0) is 0 Å². The molecule has 0 saturated heterocycles. The van der Waals surface area contributed by atoms with Crippen molar-refractivity contribution in [3.8, 4) is 0 Å². The second-order valence-corrected chi connectivity index (χ2v) is 5.66. The molecular weight excluding hydrogens is 234 g/mol. The fourth-order valence-electron chi connectivity index (χ4n) is 2.52. The van der Waals surface area contributed by atoms with Gasteiger partial charge in [0.1, 0.15) is 11.3 Å². The molecule has 2 aromatic rings. The lowest BCUT2D eigenvalue weighted by Gasteiger charge is -2.19. The minimum absolute atomic E-state index is 0.326. The van der Waals surface area contributed by atoms with E-state index in [0.717, 1.165) is 17.8 Å². The number of hydrogen-bond donors (Lipinski definition) is 1. The van der Waals surface area contributed by atoms with Gasteiger partial charge in [-0.2, -0.15) is 0 Å². The molecule has 1 aromatic heterocycles. The predicted octanol–water partition coefficient (Wildman–Crippen LogP) is 4.97. The summed E-state index contributed by atoms with van der Waals surface area (Å²) < 4.78 is 6.10. The summed E-state index contributed by atoms with van der Waals surface area (Å²) in [7, 11) is 0. The average Bonchev–Trinajstić information content (AvgIpc) is 2.79. The number of unbranched alkanes of at least 4 members (excludes halogenated alkanes) is 1. The second kappa shape index (κ2) is 6.25. The second-order valence-electron chi connectivity index (χ2n) is 5.66. The zero-order chi connectivity index (χ0) is 13.8. The molecular formula is C17H25NO. The number of benzene rings is 1. The van der Waals surface area contributed by atoms with Crippen LogP contribution in [0.2, 0.25) is 0 Å². The van der Waals surface area contributed by atoms with Gasteiger partial charge in [-0.3, -0.25) is 0 Å². The molecule has 0 bridgehead atoms. The molecule has 0 aliphatic heterocycles. The van der Waals surface area contributed by atoms with Crippen molar-refractivity contribution in [2.45, 2.75) is 59.0 Å². The summed E-state index contributed by atoms with van der Waals surface area (Å²) in [6, 6.07) is 9.31. The Morgan fingerprint density at radius 3 is 2.68 bits per heavy atom. The van der Waals surface area contributed by atoms with Crippen LogP contribution in [-0.4, -0.2) is 6.04 Å². The highest BCUT2D eigenvalue weighted by Gasteiger charge is 2.17. The summed E-state index contributed by atoms with van der Waals surface area (Å²) in [6.07, 6.45) is 3.57. The summed E-state index contributed by atoms with van der Waals surface area (Å²) >= 11 is 0. The number of fused-ring (bicyclic) bond motifs is 1.